The van der Waals surface area contributed by atoms with Crippen molar-refractivity contribution in [2.45, 2.75) is 25.8 Å². The van der Waals surface area contributed by atoms with Gasteiger partial charge in [0.25, 0.3) is 0 Å². The lowest BCUT2D eigenvalue weighted by molar-refractivity contribution is -0.137. The summed E-state index contributed by atoms with van der Waals surface area (Å²) in [6.07, 6.45) is 3.18. The summed E-state index contributed by atoms with van der Waals surface area (Å²) in [5.41, 5.74) is 1.09. The minimum atomic E-state index is -0.107. The standard InChI is InChI=1S/C15H19BrN2O/c16-13-4-1-3-12(9-13)10-18-8-6-15(14(18)19)5-2-7-17-11-15/h1,3-4,9,17H,2,5-8,10-11H2. The topological polar surface area (TPSA) is 32.3 Å². The van der Waals surface area contributed by atoms with E-state index in [2.05, 4.69) is 33.4 Å². The molecular weight excluding hydrogens is 304 g/mol. The molecule has 2 fully saturated rings. The molecule has 3 nitrogen and oxygen atoms in total. The Morgan fingerprint density at radius 1 is 1.37 bits per heavy atom. The van der Waals surface area contributed by atoms with E-state index in [-0.39, 0.29) is 5.41 Å². The van der Waals surface area contributed by atoms with Crippen LogP contribution in [0.25, 0.3) is 0 Å². The van der Waals surface area contributed by atoms with Crippen molar-refractivity contribution in [1.82, 2.24) is 10.2 Å². The second-order valence-electron chi connectivity index (χ2n) is 5.67. The van der Waals surface area contributed by atoms with E-state index in [9.17, 15) is 4.79 Å². The van der Waals surface area contributed by atoms with Crippen molar-refractivity contribution in [2.24, 2.45) is 5.41 Å². The number of amides is 1. The van der Waals surface area contributed by atoms with Crippen LogP contribution >= 0.6 is 15.9 Å². The third-order valence-corrected chi connectivity index (χ3v) is 4.83. The first kappa shape index (κ1) is 13.1. The number of nitrogens with one attached hydrogen (secondary N) is 1. The first-order valence-corrected chi connectivity index (χ1v) is 7.73. The lowest BCUT2D eigenvalue weighted by atomic mass is 9.79. The smallest absolute Gasteiger partial charge is 0.230 e. The molecule has 1 spiro atoms. The minimum Gasteiger partial charge on any atom is -0.338 e. The van der Waals surface area contributed by atoms with Crippen LogP contribution in [0.15, 0.2) is 28.7 Å². The van der Waals surface area contributed by atoms with E-state index in [0.29, 0.717) is 5.91 Å². The summed E-state index contributed by atoms with van der Waals surface area (Å²) in [5.74, 6) is 0.347. The van der Waals surface area contributed by atoms with Gasteiger partial charge in [-0.25, -0.2) is 0 Å². The number of piperidine rings is 1. The van der Waals surface area contributed by atoms with Gasteiger partial charge in [0.2, 0.25) is 5.91 Å². The fourth-order valence-electron chi connectivity index (χ4n) is 3.26. The Balaban J connectivity index is 1.72. The monoisotopic (exact) mass is 322 g/mol. The molecule has 1 amide bonds. The average molecular weight is 323 g/mol. The highest BCUT2D eigenvalue weighted by molar-refractivity contribution is 9.10. The predicted molar refractivity (Wildman–Crippen MR) is 78.7 cm³/mol. The molecule has 0 aliphatic carbocycles. The van der Waals surface area contributed by atoms with Crippen LogP contribution in [-0.4, -0.2) is 30.4 Å². The third-order valence-electron chi connectivity index (χ3n) is 4.34. The Bertz CT molecular complexity index is 483. The van der Waals surface area contributed by atoms with Gasteiger partial charge in [-0.1, -0.05) is 28.1 Å². The van der Waals surface area contributed by atoms with Crippen molar-refractivity contribution in [3.05, 3.63) is 34.3 Å². The Kier molecular flexibility index (Phi) is 3.63. The number of halogens is 1. The Labute approximate surface area is 122 Å². The molecule has 102 valence electrons. The van der Waals surface area contributed by atoms with Crippen LogP contribution in [0.3, 0.4) is 0 Å². The molecule has 1 aromatic rings. The highest BCUT2D eigenvalue weighted by Gasteiger charge is 2.46. The quantitative estimate of drug-likeness (QED) is 0.907. The van der Waals surface area contributed by atoms with Crippen molar-refractivity contribution in [2.75, 3.05) is 19.6 Å². The maximum atomic E-state index is 12.6. The van der Waals surface area contributed by atoms with Gasteiger partial charge in [-0.3, -0.25) is 4.79 Å². The van der Waals surface area contributed by atoms with E-state index in [1.807, 2.05) is 17.0 Å². The van der Waals surface area contributed by atoms with Gasteiger partial charge in [0.15, 0.2) is 0 Å². The van der Waals surface area contributed by atoms with E-state index in [1.54, 1.807) is 0 Å². The molecule has 0 saturated carbocycles. The van der Waals surface area contributed by atoms with Crippen LogP contribution in [0.2, 0.25) is 0 Å². The molecule has 0 radical (unpaired) electrons. The number of benzene rings is 1. The SMILES string of the molecule is O=C1N(Cc2cccc(Br)c2)CCC12CCCNC2. The second-order valence-corrected chi connectivity index (χ2v) is 6.58. The summed E-state index contributed by atoms with van der Waals surface area (Å²) in [4.78, 5) is 14.7. The predicted octanol–water partition coefficient (Wildman–Crippen LogP) is 2.55. The molecule has 2 aliphatic heterocycles. The molecule has 2 heterocycles. The van der Waals surface area contributed by atoms with Gasteiger partial charge in [0.05, 0.1) is 5.41 Å². The Hall–Kier alpha value is -0.870. The van der Waals surface area contributed by atoms with Crippen molar-refractivity contribution < 1.29 is 4.79 Å². The number of rotatable bonds is 2. The number of likely N-dealkylation sites (tertiary alicyclic amines) is 1. The van der Waals surface area contributed by atoms with Crippen LogP contribution in [-0.2, 0) is 11.3 Å². The van der Waals surface area contributed by atoms with Gasteiger partial charge >= 0.3 is 0 Å². The van der Waals surface area contributed by atoms with Gasteiger partial charge < -0.3 is 10.2 Å². The highest BCUT2D eigenvalue weighted by atomic mass is 79.9. The third kappa shape index (κ3) is 2.56. The number of carbonyl (C=O) groups is 1. The molecule has 1 atom stereocenters. The maximum absolute atomic E-state index is 12.6. The van der Waals surface area contributed by atoms with E-state index in [0.717, 1.165) is 49.9 Å². The van der Waals surface area contributed by atoms with Crippen LogP contribution < -0.4 is 5.32 Å². The van der Waals surface area contributed by atoms with E-state index in [4.69, 9.17) is 0 Å². The summed E-state index contributed by atoms with van der Waals surface area (Å²) in [7, 11) is 0. The number of hydrogen-bond donors (Lipinski definition) is 1. The molecule has 0 bridgehead atoms. The normalized spacial score (nSPS) is 27.2. The first-order chi connectivity index (χ1) is 9.20. The molecular formula is C15H19BrN2O. The van der Waals surface area contributed by atoms with Gasteiger partial charge in [0, 0.05) is 24.1 Å². The Morgan fingerprint density at radius 3 is 3.00 bits per heavy atom. The molecule has 1 N–H and O–H groups in total. The molecule has 0 aromatic heterocycles. The first-order valence-electron chi connectivity index (χ1n) is 6.94. The van der Waals surface area contributed by atoms with E-state index in [1.165, 1.54) is 5.56 Å². The van der Waals surface area contributed by atoms with Crippen molar-refractivity contribution in [3.8, 4) is 0 Å². The molecule has 1 unspecified atom stereocenters. The number of nitrogens with zero attached hydrogens (tertiary/aromatic N) is 1. The maximum Gasteiger partial charge on any atom is 0.230 e. The zero-order valence-electron chi connectivity index (χ0n) is 11.0. The minimum absolute atomic E-state index is 0.107. The zero-order valence-corrected chi connectivity index (χ0v) is 12.6. The van der Waals surface area contributed by atoms with E-state index < -0.39 is 0 Å². The molecule has 4 heteroatoms. The summed E-state index contributed by atoms with van der Waals surface area (Å²) in [6, 6.07) is 8.22. The second kappa shape index (κ2) is 5.25. The number of hydrogen-bond acceptors (Lipinski definition) is 2. The van der Waals surface area contributed by atoms with Crippen molar-refractivity contribution in [1.29, 1.82) is 0 Å². The summed E-state index contributed by atoms with van der Waals surface area (Å²) < 4.78 is 1.07. The molecule has 2 saturated heterocycles. The largest absolute Gasteiger partial charge is 0.338 e. The lowest BCUT2D eigenvalue weighted by Gasteiger charge is -2.32. The van der Waals surface area contributed by atoms with Crippen LogP contribution in [0.4, 0.5) is 0 Å². The fraction of sp³-hybridized carbons (Fsp3) is 0.533. The Morgan fingerprint density at radius 2 is 2.26 bits per heavy atom. The van der Waals surface area contributed by atoms with Crippen LogP contribution in [0, 0.1) is 5.41 Å². The summed E-state index contributed by atoms with van der Waals surface area (Å²) >= 11 is 3.48. The molecule has 3 rings (SSSR count). The average Bonchev–Trinajstić information content (AvgIpc) is 2.70. The number of carbonyl (C=O) groups excluding carboxylic acids is 1. The molecule has 19 heavy (non-hydrogen) atoms. The van der Waals surface area contributed by atoms with Crippen LogP contribution in [0.5, 0.6) is 0 Å². The fourth-order valence-corrected chi connectivity index (χ4v) is 3.71. The van der Waals surface area contributed by atoms with Crippen molar-refractivity contribution >= 4 is 21.8 Å². The van der Waals surface area contributed by atoms with Crippen molar-refractivity contribution in [3.63, 3.8) is 0 Å². The van der Waals surface area contributed by atoms with Gasteiger partial charge in [-0.15, -0.1) is 0 Å². The van der Waals surface area contributed by atoms with Gasteiger partial charge in [0.1, 0.15) is 0 Å². The summed E-state index contributed by atoms with van der Waals surface area (Å²) in [5, 5.41) is 3.39. The lowest BCUT2D eigenvalue weighted by Crippen LogP contribution is -2.45. The molecule has 1 aromatic carbocycles. The van der Waals surface area contributed by atoms with Gasteiger partial charge in [-0.2, -0.15) is 0 Å². The molecule has 2 aliphatic rings. The summed E-state index contributed by atoms with van der Waals surface area (Å²) in [6.45, 7) is 3.55. The highest BCUT2D eigenvalue weighted by Crippen LogP contribution is 2.38. The van der Waals surface area contributed by atoms with E-state index >= 15 is 0 Å². The van der Waals surface area contributed by atoms with Gasteiger partial charge in [-0.05, 0) is 43.5 Å². The van der Waals surface area contributed by atoms with Crippen LogP contribution in [0.1, 0.15) is 24.8 Å². The zero-order chi connectivity index (χ0) is 13.3.